The normalized spacial score (nSPS) is 13.2. The Morgan fingerprint density at radius 2 is 1.73 bits per heavy atom. The second-order valence-corrected chi connectivity index (χ2v) is 5.13. The summed E-state index contributed by atoms with van der Waals surface area (Å²) in [6.45, 7) is 3.87. The number of nitrogens with zero attached hydrogens (tertiary/aromatic N) is 1. The van der Waals surface area contributed by atoms with Crippen LogP contribution in [0.1, 0.15) is 43.5 Å². The minimum absolute atomic E-state index is 0.0663. The molecule has 0 unspecified atom stereocenters. The number of urea groups is 1. The van der Waals surface area contributed by atoms with Crippen LogP contribution in [0.15, 0.2) is 48.8 Å². The van der Waals surface area contributed by atoms with E-state index >= 15 is 0 Å². The summed E-state index contributed by atoms with van der Waals surface area (Å²) >= 11 is 0. The van der Waals surface area contributed by atoms with Crippen LogP contribution >= 0.6 is 0 Å². The van der Waals surface area contributed by atoms with Gasteiger partial charge in [-0.15, -0.1) is 0 Å². The van der Waals surface area contributed by atoms with E-state index in [1.165, 1.54) is 12.1 Å². The predicted octanol–water partition coefficient (Wildman–Crippen LogP) is 3.73. The van der Waals surface area contributed by atoms with Crippen LogP contribution in [-0.2, 0) is 0 Å². The molecule has 0 aliphatic carbocycles. The van der Waals surface area contributed by atoms with E-state index in [4.69, 9.17) is 0 Å². The molecule has 2 aromatic rings. The zero-order chi connectivity index (χ0) is 15.9. The van der Waals surface area contributed by atoms with Gasteiger partial charge in [0.1, 0.15) is 5.82 Å². The fourth-order valence-corrected chi connectivity index (χ4v) is 2.25. The van der Waals surface area contributed by atoms with Crippen molar-refractivity contribution in [1.82, 2.24) is 15.6 Å². The summed E-state index contributed by atoms with van der Waals surface area (Å²) in [6, 6.07) is 9.37. The molecule has 1 heterocycles. The maximum absolute atomic E-state index is 12.9. The van der Waals surface area contributed by atoms with Gasteiger partial charge in [-0.2, -0.15) is 0 Å². The minimum atomic E-state index is -0.288. The lowest BCUT2D eigenvalue weighted by Crippen LogP contribution is -2.39. The van der Waals surface area contributed by atoms with Crippen molar-refractivity contribution >= 4 is 6.03 Å². The van der Waals surface area contributed by atoms with Gasteiger partial charge in [-0.05, 0) is 48.7 Å². The third-order valence-corrected chi connectivity index (χ3v) is 3.54. The van der Waals surface area contributed by atoms with Gasteiger partial charge < -0.3 is 10.6 Å². The molecular weight excluding hydrogens is 281 g/mol. The van der Waals surface area contributed by atoms with Gasteiger partial charge in [-0.1, -0.05) is 19.1 Å². The topological polar surface area (TPSA) is 54.0 Å². The van der Waals surface area contributed by atoms with Crippen LogP contribution in [0.25, 0.3) is 0 Å². The Labute approximate surface area is 129 Å². The molecule has 0 radical (unpaired) electrons. The number of nitrogens with one attached hydrogen (secondary N) is 2. The van der Waals surface area contributed by atoms with Crippen LogP contribution in [0.2, 0.25) is 0 Å². The molecule has 2 amide bonds. The van der Waals surface area contributed by atoms with Gasteiger partial charge in [-0.25, -0.2) is 9.18 Å². The molecule has 0 saturated carbocycles. The summed E-state index contributed by atoms with van der Waals surface area (Å²) in [4.78, 5) is 16.1. The monoisotopic (exact) mass is 301 g/mol. The van der Waals surface area contributed by atoms with Crippen molar-refractivity contribution in [1.29, 1.82) is 0 Å². The quantitative estimate of drug-likeness (QED) is 0.884. The standard InChI is InChI=1S/C17H20FN3O/c1-3-16(14-8-10-19-11-9-14)21-17(22)20-12(2)13-4-6-15(18)7-5-13/h4-12,16H,3H2,1-2H3,(H2,20,21,22)/t12-,16-/m0/s1. The fraction of sp³-hybridized carbons (Fsp3) is 0.294. The number of halogens is 1. The Hall–Kier alpha value is -2.43. The van der Waals surface area contributed by atoms with Crippen LogP contribution in [-0.4, -0.2) is 11.0 Å². The van der Waals surface area contributed by atoms with Crippen molar-refractivity contribution in [2.24, 2.45) is 0 Å². The molecule has 0 fully saturated rings. The first-order chi connectivity index (χ1) is 10.6. The Balaban J connectivity index is 1.95. The van der Waals surface area contributed by atoms with E-state index in [-0.39, 0.29) is 23.9 Å². The second kappa shape index (κ2) is 7.54. The highest BCUT2D eigenvalue weighted by molar-refractivity contribution is 5.75. The van der Waals surface area contributed by atoms with Crippen molar-refractivity contribution in [3.05, 3.63) is 65.7 Å². The molecule has 0 saturated heterocycles. The molecule has 1 aromatic heterocycles. The lowest BCUT2D eigenvalue weighted by Gasteiger charge is -2.20. The predicted molar refractivity (Wildman–Crippen MR) is 83.8 cm³/mol. The molecule has 1 aromatic carbocycles. The summed E-state index contributed by atoms with van der Waals surface area (Å²) in [7, 11) is 0. The molecule has 116 valence electrons. The molecule has 2 atom stereocenters. The van der Waals surface area contributed by atoms with Gasteiger partial charge in [0.15, 0.2) is 0 Å². The lowest BCUT2D eigenvalue weighted by molar-refractivity contribution is 0.233. The maximum atomic E-state index is 12.9. The lowest BCUT2D eigenvalue weighted by atomic mass is 10.1. The van der Waals surface area contributed by atoms with Crippen molar-refractivity contribution in [2.75, 3.05) is 0 Å². The molecule has 0 spiro atoms. The highest BCUT2D eigenvalue weighted by Gasteiger charge is 2.14. The average molecular weight is 301 g/mol. The van der Waals surface area contributed by atoms with Gasteiger partial charge in [0.2, 0.25) is 0 Å². The van der Waals surface area contributed by atoms with Crippen molar-refractivity contribution in [3.8, 4) is 0 Å². The van der Waals surface area contributed by atoms with E-state index in [9.17, 15) is 9.18 Å². The molecule has 5 heteroatoms. The smallest absolute Gasteiger partial charge is 0.315 e. The van der Waals surface area contributed by atoms with Gasteiger partial charge in [0.05, 0.1) is 12.1 Å². The number of amides is 2. The number of pyridine rings is 1. The molecule has 2 rings (SSSR count). The summed E-state index contributed by atoms with van der Waals surface area (Å²) in [5.41, 5.74) is 1.87. The van der Waals surface area contributed by atoms with Gasteiger partial charge in [-0.3, -0.25) is 4.98 Å². The number of hydrogen-bond acceptors (Lipinski definition) is 2. The number of hydrogen-bond donors (Lipinski definition) is 2. The number of carbonyl (C=O) groups excluding carboxylic acids is 1. The fourth-order valence-electron chi connectivity index (χ4n) is 2.25. The third kappa shape index (κ3) is 4.28. The van der Waals surface area contributed by atoms with Gasteiger partial charge in [0.25, 0.3) is 0 Å². The molecule has 22 heavy (non-hydrogen) atoms. The first-order valence-electron chi connectivity index (χ1n) is 7.32. The minimum Gasteiger partial charge on any atom is -0.332 e. The van der Waals surface area contributed by atoms with E-state index in [1.807, 2.05) is 26.0 Å². The van der Waals surface area contributed by atoms with E-state index < -0.39 is 0 Å². The Bertz CT molecular complexity index is 601. The number of aromatic nitrogens is 1. The average Bonchev–Trinajstić information content (AvgIpc) is 2.54. The molecular formula is C17H20FN3O. The van der Waals surface area contributed by atoms with Gasteiger partial charge >= 0.3 is 6.03 Å². The Kier molecular flexibility index (Phi) is 5.47. The summed E-state index contributed by atoms with van der Waals surface area (Å²) in [6.07, 6.45) is 4.19. The van der Waals surface area contributed by atoms with E-state index in [0.29, 0.717) is 0 Å². The van der Waals surface area contributed by atoms with Crippen LogP contribution < -0.4 is 10.6 Å². The zero-order valence-electron chi connectivity index (χ0n) is 12.7. The third-order valence-electron chi connectivity index (χ3n) is 3.54. The Morgan fingerprint density at radius 3 is 2.32 bits per heavy atom. The summed E-state index contributed by atoms with van der Waals surface area (Å²) in [5.74, 6) is -0.288. The number of benzene rings is 1. The first-order valence-corrected chi connectivity index (χ1v) is 7.32. The van der Waals surface area contributed by atoms with Crippen LogP contribution in [0.4, 0.5) is 9.18 Å². The first kappa shape index (κ1) is 15.9. The van der Waals surface area contributed by atoms with Crippen LogP contribution in [0, 0.1) is 5.82 Å². The van der Waals surface area contributed by atoms with Crippen LogP contribution in [0.3, 0.4) is 0 Å². The molecule has 0 aliphatic rings. The van der Waals surface area contributed by atoms with E-state index in [1.54, 1.807) is 24.5 Å². The molecule has 4 nitrogen and oxygen atoms in total. The maximum Gasteiger partial charge on any atom is 0.315 e. The van der Waals surface area contributed by atoms with Crippen molar-refractivity contribution in [2.45, 2.75) is 32.4 Å². The second-order valence-electron chi connectivity index (χ2n) is 5.13. The van der Waals surface area contributed by atoms with Crippen LogP contribution in [0.5, 0.6) is 0 Å². The molecule has 0 bridgehead atoms. The van der Waals surface area contributed by atoms with E-state index in [0.717, 1.165) is 17.5 Å². The van der Waals surface area contributed by atoms with Crippen molar-refractivity contribution in [3.63, 3.8) is 0 Å². The summed E-state index contributed by atoms with van der Waals surface area (Å²) in [5, 5.41) is 5.81. The zero-order valence-corrected chi connectivity index (χ0v) is 12.7. The SMILES string of the molecule is CC[C@H](NC(=O)N[C@@H](C)c1ccc(F)cc1)c1ccncc1. The van der Waals surface area contributed by atoms with E-state index in [2.05, 4.69) is 15.6 Å². The highest BCUT2D eigenvalue weighted by atomic mass is 19.1. The molecule has 2 N–H and O–H groups in total. The highest BCUT2D eigenvalue weighted by Crippen LogP contribution is 2.16. The number of carbonyl (C=O) groups is 1. The van der Waals surface area contributed by atoms with Gasteiger partial charge in [0, 0.05) is 12.4 Å². The van der Waals surface area contributed by atoms with Crippen molar-refractivity contribution < 1.29 is 9.18 Å². The largest absolute Gasteiger partial charge is 0.332 e. The summed E-state index contributed by atoms with van der Waals surface area (Å²) < 4.78 is 12.9. The number of rotatable bonds is 5. The molecule has 0 aliphatic heterocycles. The Morgan fingerprint density at radius 1 is 1.09 bits per heavy atom.